The molecule has 0 radical (unpaired) electrons. The lowest BCUT2D eigenvalue weighted by molar-refractivity contribution is -0.142. The summed E-state index contributed by atoms with van der Waals surface area (Å²) in [5, 5.41) is 16.9. The van der Waals surface area contributed by atoms with E-state index in [1.807, 2.05) is 11.0 Å². The van der Waals surface area contributed by atoms with Crippen molar-refractivity contribution in [3.63, 3.8) is 0 Å². The number of hydrogen-bond acceptors (Lipinski definition) is 9. The van der Waals surface area contributed by atoms with Crippen LogP contribution in [-0.2, 0) is 24.4 Å². The van der Waals surface area contributed by atoms with Gasteiger partial charge >= 0.3 is 0 Å². The van der Waals surface area contributed by atoms with Gasteiger partial charge in [0.25, 0.3) is 5.91 Å². The van der Waals surface area contributed by atoms with Crippen LogP contribution in [0.3, 0.4) is 0 Å². The number of fused-ring (bicyclic) bond motifs is 1. The van der Waals surface area contributed by atoms with Crippen LogP contribution in [0.5, 0.6) is 5.75 Å². The Labute approximate surface area is 245 Å². The van der Waals surface area contributed by atoms with E-state index in [4.69, 9.17) is 9.15 Å². The Morgan fingerprint density at radius 2 is 2.10 bits per heavy atom. The fraction of sp³-hybridized carbons (Fsp3) is 0.484. The molecule has 2 aromatic heterocycles. The first-order chi connectivity index (χ1) is 20.4. The van der Waals surface area contributed by atoms with Gasteiger partial charge in [0.2, 0.25) is 5.91 Å². The van der Waals surface area contributed by atoms with Crippen LogP contribution in [0, 0.1) is 12.8 Å². The Morgan fingerprint density at radius 1 is 1.24 bits per heavy atom. The highest BCUT2D eigenvalue weighted by Gasteiger charge is 2.36. The fourth-order valence-corrected chi connectivity index (χ4v) is 5.85. The van der Waals surface area contributed by atoms with Gasteiger partial charge in [-0.1, -0.05) is 12.5 Å². The Kier molecular flexibility index (Phi) is 8.38. The fourth-order valence-electron chi connectivity index (χ4n) is 5.85. The number of nitrogens with one attached hydrogen (secondary N) is 2. The van der Waals surface area contributed by atoms with Crippen LogP contribution in [0.1, 0.15) is 52.1 Å². The molecule has 222 valence electrons. The number of amides is 2. The highest BCUT2D eigenvalue weighted by atomic mass is 16.5. The normalized spacial score (nSPS) is 18.0. The molecule has 3 aromatic rings. The summed E-state index contributed by atoms with van der Waals surface area (Å²) in [4.78, 5) is 37.5. The van der Waals surface area contributed by atoms with Gasteiger partial charge in [0.1, 0.15) is 18.2 Å². The van der Waals surface area contributed by atoms with E-state index in [9.17, 15) is 14.7 Å². The van der Waals surface area contributed by atoms with Gasteiger partial charge in [-0.05, 0) is 61.1 Å². The number of pyridine rings is 1. The van der Waals surface area contributed by atoms with Gasteiger partial charge in [0.15, 0.2) is 12.2 Å². The van der Waals surface area contributed by atoms with Gasteiger partial charge in [-0.15, -0.1) is 0 Å². The number of nitrogens with zero attached hydrogens (tertiary/aromatic N) is 4. The zero-order valence-corrected chi connectivity index (χ0v) is 23.9. The predicted octanol–water partition coefficient (Wildman–Crippen LogP) is 2.53. The van der Waals surface area contributed by atoms with Gasteiger partial charge in [0.05, 0.1) is 18.3 Å². The SMILES string of the molecule is Cc1c(OCc2cnco2)ccc2c1CCN(C[C@@H](O)CNC(=O)c1ccnc(NC3CN(C(=O)C4CCC4)C3)c1)C2. The standard InChI is InChI=1S/C31H38N6O5/c1-20-27-8-10-36(14-23(27)5-6-28(20)41-18-26-13-32-19-42-26)17-25(38)12-34-30(39)22-7-9-33-29(11-22)35-24-15-37(16-24)31(40)21-3-2-4-21/h5-7,9,11,13,19,21,24-25,38H,2-4,8,10,12,14-18H2,1H3,(H,33,35)(H,34,39)/t25-/m0/s1. The summed E-state index contributed by atoms with van der Waals surface area (Å²) in [6, 6.07) is 7.58. The minimum Gasteiger partial charge on any atom is -0.485 e. The number of hydrogen-bond donors (Lipinski definition) is 3. The molecule has 3 aliphatic rings. The zero-order chi connectivity index (χ0) is 29.1. The van der Waals surface area contributed by atoms with Gasteiger partial charge < -0.3 is 29.8 Å². The third kappa shape index (κ3) is 6.42. The van der Waals surface area contributed by atoms with Crippen molar-refractivity contribution in [1.82, 2.24) is 25.1 Å². The largest absolute Gasteiger partial charge is 0.485 e. The van der Waals surface area contributed by atoms with Crippen LogP contribution in [-0.4, -0.2) is 81.6 Å². The smallest absolute Gasteiger partial charge is 0.251 e. The van der Waals surface area contributed by atoms with Crippen molar-refractivity contribution in [2.45, 2.75) is 57.9 Å². The summed E-state index contributed by atoms with van der Waals surface area (Å²) in [5.74, 6) is 2.35. The number of ether oxygens (including phenoxy) is 1. The second kappa shape index (κ2) is 12.5. The van der Waals surface area contributed by atoms with Crippen molar-refractivity contribution in [1.29, 1.82) is 0 Å². The van der Waals surface area contributed by atoms with Gasteiger partial charge in [0, 0.05) is 56.9 Å². The lowest BCUT2D eigenvalue weighted by Crippen LogP contribution is -2.59. The Balaban J connectivity index is 0.941. The average Bonchev–Trinajstić information content (AvgIpc) is 3.46. The molecule has 1 atom stereocenters. The molecule has 11 heteroatoms. The summed E-state index contributed by atoms with van der Waals surface area (Å²) in [5.41, 5.74) is 4.11. The summed E-state index contributed by atoms with van der Waals surface area (Å²) < 4.78 is 11.2. The molecular formula is C31H38N6O5. The minimum atomic E-state index is -0.699. The molecule has 0 unspecified atom stereocenters. The number of carbonyl (C=O) groups excluding carboxylic acids is 2. The molecule has 3 N–H and O–H groups in total. The molecule has 1 aliphatic carbocycles. The van der Waals surface area contributed by atoms with Crippen LogP contribution >= 0.6 is 0 Å². The summed E-state index contributed by atoms with van der Waals surface area (Å²) in [7, 11) is 0. The van der Waals surface area contributed by atoms with E-state index in [0.717, 1.165) is 50.1 Å². The van der Waals surface area contributed by atoms with Crippen molar-refractivity contribution < 1.29 is 23.8 Å². The number of aliphatic hydroxyl groups excluding tert-OH is 1. The molecule has 2 aliphatic heterocycles. The van der Waals surface area contributed by atoms with Crippen LogP contribution in [0.25, 0.3) is 0 Å². The van der Waals surface area contributed by atoms with Crippen LogP contribution in [0.4, 0.5) is 5.82 Å². The molecule has 0 bridgehead atoms. The Bertz CT molecular complexity index is 1400. The van der Waals surface area contributed by atoms with E-state index in [2.05, 4.69) is 38.5 Å². The number of carbonyl (C=O) groups is 2. The van der Waals surface area contributed by atoms with Gasteiger partial charge in [-0.25, -0.2) is 9.97 Å². The minimum absolute atomic E-state index is 0.138. The van der Waals surface area contributed by atoms with Crippen molar-refractivity contribution in [3.8, 4) is 5.75 Å². The molecule has 4 heterocycles. The number of anilines is 1. The molecule has 2 fully saturated rings. The van der Waals surface area contributed by atoms with Crippen molar-refractivity contribution in [3.05, 3.63) is 71.1 Å². The van der Waals surface area contributed by atoms with Crippen molar-refractivity contribution in [2.24, 2.45) is 5.92 Å². The number of likely N-dealkylation sites (tertiary alicyclic amines) is 1. The molecule has 42 heavy (non-hydrogen) atoms. The number of rotatable bonds is 11. The lowest BCUT2D eigenvalue weighted by atomic mass is 9.83. The molecule has 11 nitrogen and oxygen atoms in total. The maximum Gasteiger partial charge on any atom is 0.251 e. The van der Waals surface area contributed by atoms with Crippen molar-refractivity contribution in [2.75, 3.05) is 38.0 Å². The summed E-state index contributed by atoms with van der Waals surface area (Å²) in [6.45, 7) is 5.90. The second-order valence-electron chi connectivity index (χ2n) is 11.6. The van der Waals surface area contributed by atoms with E-state index < -0.39 is 6.10 Å². The number of oxazole rings is 1. The predicted molar refractivity (Wildman–Crippen MR) is 155 cm³/mol. The monoisotopic (exact) mass is 574 g/mol. The Morgan fingerprint density at radius 3 is 2.86 bits per heavy atom. The van der Waals surface area contributed by atoms with Crippen molar-refractivity contribution >= 4 is 17.6 Å². The van der Waals surface area contributed by atoms with Gasteiger partial charge in [-0.3, -0.25) is 14.5 Å². The zero-order valence-electron chi connectivity index (χ0n) is 23.9. The number of aromatic nitrogens is 2. The van der Waals surface area contributed by atoms with Crippen LogP contribution in [0.2, 0.25) is 0 Å². The molecule has 1 saturated carbocycles. The Hall–Kier alpha value is -3.96. The maximum atomic E-state index is 12.8. The molecule has 1 saturated heterocycles. The van der Waals surface area contributed by atoms with E-state index in [1.54, 1.807) is 24.5 Å². The first kappa shape index (κ1) is 28.2. The number of β-amino-alcohol motifs (C(OH)–C–C–N with tert-alkyl or cyclic N) is 1. The third-order valence-electron chi connectivity index (χ3n) is 8.56. The molecule has 1 aromatic carbocycles. The van der Waals surface area contributed by atoms with E-state index in [-0.39, 0.29) is 30.3 Å². The lowest BCUT2D eigenvalue weighted by Gasteiger charge is -2.43. The number of benzene rings is 1. The summed E-state index contributed by atoms with van der Waals surface area (Å²) in [6.07, 6.45) is 7.97. The quantitative estimate of drug-likeness (QED) is 0.316. The average molecular weight is 575 g/mol. The number of aliphatic hydroxyl groups is 1. The highest BCUT2D eigenvalue weighted by molar-refractivity contribution is 5.94. The first-order valence-electron chi connectivity index (χ1n) is 14.7. The summed E-state index contributed by atoms with van der Waals surface area (Å²) >= 11 is 0. The van der Waals surface area contributed by atoms with Crippen LogP contribution in [0.15, 0.2) is 47.5 Å². The molecular weight excluding hydrogens is 536 g/mol. The third-order valence-corrected chi connectivity index (χ3v) is 8.56. The maximum absolute atomic E-state index is 12.8. The second-order valence-corrected chi connectivity index (χ2v) is 11.6. The first-order valence-corrected chi connectivity index (χ1v) is 14.7. The molecule has 0 spiro atoms. The topological polar surface area (TPSA) is 133 Å². The van der Waals surface area contributed by atoms with E-state index in [1.165, 1.54) is 17.5 Å². The highest BCUT2D eigenvalue weighted by Crippen LogP contribution is 2.31. The van der Waals surface area contributed by atoms with Gasteiger partial charge in [-0.2, -0.15) is 0 Å². The molecule has 2 amide bonds. The van der Waals surface area contributed by atoms with Crippen LogP contribution < -0.4 is 15.4 Å². The van der Waals surface area contributed by atoms with E-state index >= 15 is 0 Å². The van der Waals surface area contributed by atoms with E-state index in [0.29, 0.717) is 43.4 Å². The molecule has 6 rings (SSSR count).